The van der Waals surface area contributed by atoms with Crippen LogP contribution in [-0.2, 0) is 23.1 Å². The Morgan fingerprint density at radius 2 is 1.70 bits per heavy atom. The lowest BCUT2D eigenvalue weighted by Gasteiger charge is -2.19. The van der Waals surface area contributed by atoms with Crippen LogP contribution >= 0.6 is 0 Å². The second kappa shape index (κ2) is 9.66. The van der Waals surface area contributed by atoms with Gasteiger partial charge in [-0.2, -0.15) is 5.10 Å². The Labute approximate surface area is 192 Å². The van der Waals surface area contributed by atoms with Gasteiger partial charge in [0.05, 0.1) is 17.1 Å². The van der Waals surface area contributed by atoms with Crippen LogP contribution in [0, 0.1) is 0 Å². The quantitative estimate of drug-likeness (QED) is 0.435. The van der Waals surface area contributed by atoms with Crippen molar-refractivity contribution in [1.82, 2.24) is 20.1 Å². The van der Waals surface area contributed by atoms with E-state index < -0.39 is 10.0 Å². The molecule has 3 aromatic carbocycles. The first kappa shape index (κ1) is 22.2. The predicted molar refractivity (Wildman–Crippen MR) is 125 cm³/mol. The molecule has 0 saturated heterocycles. The Morgan fingerprint density at radius 3 is 2.39 bits per heavy atom. The van der Waals surface area contributed by atoms with Crippen LogP contribution < -0.4 is 9.62 Å². The van der Waals surface area contributed by atoms with E-state index in [0.717, 1.165) is 11.1 Å². The zero-order chi connectivity index (χ0) is 23.3. The van der Waals surface area contributed by atoms with Crippen molar-refractivity contribution in [3.8, 4) is 0 Å². The average molecular weight is 462 g/mol. The zero-order valence-corrected chi connectivity index (χ0v) is 18.8. The molecule has 8 nitrogen and oxygen atoms in total. The lowest BCUT2D eigenvalue weighted by molar-refractivity contribution is 0.0950. The maximum atomic E-state index is 13.0. The smallest absolute Gasteiger partial charge is 0.264 e. The summed E-state index contributed by atoms with van der Waals surface area (Å²) in [5.74, 6) is -0.346. The van der Waals surface area contributed by atoms with E-state index in [1.54, 1.807) is 47.4 Å². The zero-order valence-electron chi connectivity index (χ0n) is 18.0. The maximum Gasteiger partial charge on any atom is 0.264 e. The molecule has 0 radical (unpaired) electrons. The minimum Gasteiger partial charge on any atom is -0.348 e. The van der Waals surface area contributed by atoms with E-state index in [9.17, 15) is 13.2 Å². The molecular formula is C24H23N5O3S. The van der Waals surface area contributed by atoms with Gasteiger partial charge in [-0.05, 0) is 41.5 Å². The number of carbonyl (C=O) groups is 1. The largest absolute Gasteiger partial charge is 0.348 e. The molecule has 0 aliphatic carbocycles. The minimum atomic E-state index is -3.80. The van der Waals surface area contributed by atoms with Crippen molar-refractivity contribution in [3.63, 3.8) is 0 Å². The Morgan fingerprint density at radius 1 is 0.970 bits per heavy atom. The third kappa shape index (κ3) is 5.27. The van der Waals surface area contributed by atoms with Gasteiger partial charge in [0.1, 0.15) is 12.7 Å². The first-order chi connectivity index (χ1) is 15.9. The van der Waals surface area contributed by atoms with Gasteiger partial charge in [-0.3, -0.25) is 9.10 Å². The van der Waals surface area contributed by atoms with Crippen molar-refractivity contribution in [1.29, 1.82) is 0 Å². The van der Waals surface area contributed by atoms with Crippen LogP contribution in [-0.4, -0.2) is 36.1 Å². The molecule has 0 unspecified atom stereocenters. The number of para-hydroxylation sites is 1. The van der Waals surface area contributed by atoms with Gasteiger partial charge < -0.3 is 5.32 Å². The summed E-state index contributed by atoms with van der Waals surface area (Å²) in [6.07, 6.45) is 3.14. The summed E-state index contributed by atoms with van der Waals surface area (Å²) in [4.78, 5) is 16.7. The Hall–Kier alpha value is -3.98. The molecule has 0 atom stereocenters. The van der Waals surface area contributed by atoms with E-state index in [1.165, 1.54) is 29.8 Å². The van der Waals surface area contributed by atoms with Gasteiger partial charge in [-0.1, -0.05) is 48.5 Å². The summed E-state index contributed by atoms with van der Waals surface area (Å²) >= 11 is 0. The van der Waals surface area contributed by atoms with Crippen molar-refractivity contribution in [2.75, 3.05) is 11.4 Å². The van der Waals surface area contributed by atoms with Crippen molar-refractivity contribution < 1.29 is 13.2 Å². The molecule has 1 aromatic heterocycles. The normalized spacial score (nSPS) is 11.2. The Bertz CT molecular complexity index is 1320. The Balaban J connectivity index is 1.41. The summed E-state index contributed by atoms with van der Waals surface area (Å²) in [6, 6.07) is 22.6. The number of rotatable bonds is 8. The number of amides is 1. The van der Waals surface area contributed by atoms with Gasteiger partial charge in [-0.15, -0.1) is 0 Å². The molecule has 33 heavy (non-hydrogen) atoms. The number of nitrogens with one attached hydrogen (secondary N) is 1. The van der Waals surface area contributed by atoms with Gasteiger partial charge in [0.15, 0.2) is 0 Å². The molecule has 1 heterocycles. The maximum absolute atomic E-state index is 13.0. The van der Waals surface area contributed by atoms with Crippen molar-refractivity contribution >= 4 is 21.6 Å². The van der Waals surface area contributed by atoms with Crippen LogP contribution in [0.25, 0.3) is 0 Å². The molecule has 9 heteroatoms. The lowest BCUT2D eigenvalue weighted by atomic mass is 10.1. The fraction of sp³-hybridized carbons (Fsp3) is 0.125. The van der Waals surface area contributed by atoms with E-state index in [-0.39, 0.29) is 16.4 Å². The second-order valence-electron chi connectivity index (χ2n) is 7.43. The van der Waals surface area contributed by atoms with Crippen LogP contribution in [0.15, 0.2) is 96.4 Å². The van der Waals surface area contributed by atoms with Gasteiger partial charge in [-0.25, -0.2) is 18.1 Å². The number of aromatic nitrogens is 3. The number of nitrogens with zero attached hydrogens (tertiary/aromatic N) is 4. The van der Waals surface area contributed by atoms with Crippen molar-refractivity contribution in [2.24, 2.45) is 0 Å². The highest BCUT2D eigenvalue weighted by molar-refractivity contribution is 7.92. The molecule has 0 spiro atoms. The molecule has 1 N–H and O–H groups in total. The monoisotopic (exact) mass is 461 g/mol. The second-order valence-corrected chi connectivity index (χ2v) is 9.40. The third-order valence-corrected chi connectivity index (χ3v) is 6.94. The van der Waals surface area contributed by atoms with Crippen molar-refractivity contribution in [3.05, 3.63) is 108 Å². The number of hydrogen-bond acceptors (Lipinski definition) is 5. The third-order valence-electron chi connectivity index (χ3n) is 5.16. The molecule has 168 valence electrons. The van der Waals surface area contributed by atoms with Crippen LogP contribution in [0.4, 0.5) is 5.69 Å². The van der Waals surface area contributed by atoms with Gasteiger partial charge in [0, 0.05) is 19.2 Å². The summed E-state index contributed by atoms with van der Waals surface area (Å²) in [5, 5.41) is 6.93. The number of anilines is 1. The summed E-state index contributed by atoms with van der Waals surface area (Å²) in [7, 11) is -2.31. The van der Waals surface area contributed by atoms with Crippen LogP contribution in [0.2, 0.25) is 0 Å². The molecule has 0 aliphatic heterocycles. The molecule has 0 bridgehead atoms. The van der Waals surface area contributed by atoms with E-state index >= 15 is 0 Å². The van der Waals surface area contributed by atoms with Gasteiger partial charge >= 0.3 is 0 Å². The molecular weight excluding hydrogens is 438 g/mol. The molecule has 1 amide bonds. The van der Waals surface area contributed by atoms with Crippen LogP contribution in [0.5, 0.6) is 0 Å². The predicted octanol–water partition coefficient (Wildman–Crippen LogP) is 3.08. The topological polar surface area (TPSA) is 97.2 Å². The highest BCUT2D eigenvalue weighted by Crippen LogP contribution is 2.22. The standard InChI is InChI=1S/C24H23N5O3S/c1-28(22-7-3-2-4-8-22)33(31,32)23-9-5-6-21(14-23)24(30)26-15-19-10-12-20(13-11-19)16-29-18-25-17-27-29/h2-14,17-18H,15-16H2,1H3,(H,26,30). The Kier molecular flexibility index (Phi) is 6.50. The summed E-state index contributed by atoms with van der Waals surface area (Å²) < 4.78 is 29.0. The lowest BCUT2D eigenvalue weighted by Crippen LogP contribution is -2.27. The van der Waals surface area contributed by atoms with E-state index in [0.29, 0.717) is 18.8 Å². The molecule has 4 aromatic rings. The van der Waals surface area contributed by atoms with Crippen LogP contribution in [0.1, 0.15) is 21.5 Å². The first-order valence-corrected chi connectivity index (χ1v) is 11.7. The van der Waals surface area contributed by atoms with Gasteiger partial charge in [0.2, 0.25) is 0 Å². The number of sulfonamides is 1. The summed E-state index contributed by atoms with van der Waals surface area (Å²) in [5.41, 5.74) is 2.81. The number of benzene rings is 3. The number of carbonyl (C=O) groups excluding carboxylic acids is 1. The highest BCUT2D eigenvalue weighted by Gasteiger charge is 2.22. The van der Waals surface area contributed by atoms with Crippen molar-refractivity contribution in [2.45, 2.75) is 18.0 Å². The number of hydrogen-bond donors (Lipinski definition) is 1. The fourth-order valence-electron chi connectivity index (χ4n) is 3.28. The van der Waals surface area contributed by atoms with Gasteiger partial charge in [0.25, 0.3) is 15.9 Å². The minimum absolute atomic E-state index is 0.0546. The van der Waals surface area contributed by atoms with E-state index in [2.05, 4.69) is 15.4 Å². The first-order valence-electron chi connectivity index (χ1n) is 10.3. The molecule has 0 fully saturated rings. The molecule has 0 saturated carbocycles. The molecule has 4 rings (SSSR count). The highest BCUT2D eigenvalue weighted by atomic mass is 32.2. The summed E-state index contributed by atoms with van der Waals surface area (Å²) in [6.45, 7) is 0.939. The fourth-order valence-corrected chi connectivity index (χ4v) is 4.52. The van der Waals surface area contributed by atoms with Crippen LogP contribution in [0.3, 0.4) is 0 Å². The van der Waals surface area contributed by atoms with E-state index in [1.807, 2.05) is 30.3 Å². The average Bonchev–Trinajstić information content (AvgIpc) is 3.36. The van der Waals surface area contributed by atoms with E-state index in [4.69, 9.17) is 0 Å². The SMILES string of the molecule is CN(c1ccccc1)S(=O)(=O)c1cccc(C(=O)NCc2ccc(Cn3cncn3)cc2)c1. The molecule has 0 aliphatic rings.